The Hall–Kier alpha value is -0.0900. The number of alkyl halides is 1. The lowest BCUT2D eigenvalue weighted by Gasteiger charge is -2.06. The van der Waals surface area contributed by atoms with Gasteiger partial charge < -0.3 is 0 Å². The van der Waals surface area contributed by atoms with Crippen LogP contribution in [0.5, 0.6) is 0 Å². The summed E-state index contributed by atoms with van der Waals surface area (Å²) in [4.78, 5) is -0.0491. The van der Waals surface area contributed by atoms with Gasteiger partial charge in [0.1, 0.15) is 0 Å². The van der Waals surface area contributed by atoms with Crippen molar-refractivity contribution in [3.8, 4) is 6.07 Å². The summed E-state index contributed by atoms with van der Waals surface area (Å²) < 4.78 is 23.0. The molecule has 1 aromatic carbocycles. The first-order chi connectivity index (χ1) is 6.90. The van der Waals surface area contributed by atoms with E-state index in [-0.39, 0.29) is 15.8 Å². The molecule has 0 saturated carbocycles. The fourth-order valence-electron chi connectivity index (χ4n) is 1.07. The van der Waals surface area contributed by atoms with Crippen LogP contribution < -0.4 is 0 Å². The second-order valence-electron chi connectivity index (χ2n) is 2.61. The molecule has 0 amide bonds. The molecular weight excluding hydrogens is 369 g/mol. The first-order valence-corrected chi connectivity index (χ1v) is 7.85. The monoisotopic (exact) mass is 371 g/mol. The van der Waals surface area contributed by atoms with E-state index >= 15 is 0 Å². The van der Waals surface area contributed by atoms with Gasteiger partial charge in [-0.05, 0) is 12.1 Å². The second-order valence-corrected chi connectivity index (χ2v) is 6.62. The Kier molecular flexibility index (Phi) is 4.18. The summed E-state index contributed by atoms with van der Waals surface area (Å²) in [6.07, 6.45) is 0. The quantitative estimate of drug-likeness (QED) is 0.591. The highest BCUT2D eigenvalue weighted by molar-refractivity contribution is 9.10. The zero-order chi connectivity index (χ0) is 11.6. The average Bonchev–Trinajstić information content (AvgIpc) is 2.15. The molecule has 1 rings (SSSR count). The number of hydrogen-bond donors (Lipinski definition) is 0. The van der Waals surface area contributed by atoms with Crippen LogP contribution in [0.25, 0.3) is 0 Å². The van der Waals surface area contributed by atoms with E-state index in [9.17, 15) is 8.42 Å². The van der Waals surface area contributed by atoms with Gasteiger partial charge in [-0.25, -0.2) is 8.42 Å². The molecule has 0 saturated heterocycles. The molecule has 15 heavy (non-hydrogen) atoms. The first-order valence-electron chi connectivity index (χ1n) is 3.63. The average molecular weight is 373 g/mol. The van der Waals surface area contributed by atoms with Gasteiger partial charge in [0.2, 0.25) is 0 Å². The second kappa shape index (κ2) is 4.83. The molecule has 0 N–H and O–H groups in total. The van der Waals surface area contributed by atoms with E-state index < -0.39 is 9.05 Å². The maximum absolute atomic E-state index is 11.2. The normalized spacial score (nSPS) is 11.1. The molecule has 0 aliphatic heterocycles. The Morgan fingerprint density at radius 1 is 1.47 bits per heavy atom. The summed E-state index contributed by atoms with van der Waals surface area (Å²) in [5.74, 6) is 0. The molecular formula is C8H4Br2ClNO2S. The molecule has 0 bridgehead atoms. The zero-order valence-electron chi connectivity index (χ0n) is 7.17. The van der Waals surface area contributed by atoms with Crippen LogP contribution in [-0.2, 0) is 14.4 Å². The molecule has 0 aliphatic carbocycles. The van der Waals surface area contributed by atoms with Crippen molar-refractivity contribution in [2.75, 3.05) is 0 Å². The highest BCUT2D eigenvalue weighted by Crippen LogP contribution is 2.28. The van der Waals surface area contributed by atoms with Crippen LogP contribution in [0.2, 0.25) is 0 Å². The van der Waals surface area contributed by atoms with Crippen molar-refractivity contribution in [3.63, 3.8) is 0 Å². The van der Waals surface area contributed by atoms with Gasteiger partial charge >= 0.3 is 0 Å². The minimum absolute atomic E-state index is 0.0491. The Balaban J connectivity index is 3.66. The fraction of sp³-hybridized carbons (Fsp3) is 0.125. The summed E-state index contributed by atoms with van der Waals surface area (Å²) >= 11 is 6.25. The lowest BCUT2D eigenvalue weighted by molar-refractivity contribution is 0.609. The van der Waals surface area contributed by atoms with Gasteiger partial charge in [-0.1, -0.05) is 31.9 Å². The molecule has 0 aromatic heterocycles. The molecule has 3 nitrogen and oxygen atoms in total. The van der Waals surface area contributed by atoms with E-state index in [1.807, 2.05) is 6.07 Å². The smallest absolute Gasteiger partial charge is 0.207 e. The molecule has 0 heterocycles. The minimum Gasteiger partial charge on any atom is -0.207 e. The number of rotatable bonds is 2. The highest BCUT2D eigenvalue weighted by Gasteiger charge is 2.19. The predicted octanol–water partition coefficient (Wildman–Crippen LogP) is 3.14. The number of nitrogens with zero attached hydrogens (tertiary/aromatic N) is 1. The van der Waals surface area contributed by atoms with Gasteiger partial charge in [-0.2, -0.15) is 5.26 Å². The lowest BCUT2D eigenvalue weighted by Crippen LogP contribution is -1.99. The van der Waals surface area contributed by atoms with E-state index in [0.717, 1.165) is 0 Å². The minimum atomic E-state index is -3.84. The third-order valence-electron chi connectivity index (χ3n) is 1.69. The molecule has 0 fully saturated rings. The Bertz CT molecular complexity index is 536. The van der Waals surface area contributed by atoms with Crippen LogP contribution in [0.15, 0.2) is 21.5 Å². The van der Waals surface area contributed by atoms with Crippen molar-refractivity contribution >= 4 is 51.6 Å². The van der Waals surface area contributed by atoms with Crippen LogP contribution >= 0.6 is 42.5 Å². The van der Waals surface area contributed by atoms with Gasteiger partial charge in [0.05, 0.1) is 16.5 Å². The lowest BCUT2D eigenvalue weighted by atomic mass is 10.1. The third-order valence-corrected chi connectivity index (χ3v) is 4.10. The van der Waals surface area contributed by atoms with Crippen LogP contribution in [0.4, 0.5) is 0 Å². The maximum atomic E-state index is 11.2. The van der Waals surface area contributed by atoms with Crippen molar-refractivity contribution in [1.29, 1.82) is 5.26 Å². The van der Waals surface area contributed by atoms with Crippen LogP contribution in [-0.4, -0.2) is 8.42 Å². The van der Waals surface area contributed by atoms with Crippen molar-refractivity contribution in [1.82, 2.24) is 0 Å². The molecule has 1 aromatic rings. The maximum Gasteiger partial charge on any atom is 0.261 e. The van der Waals surface area contributed by atoms with Gasteiger partial charge in [0, 0.05) is 26.0 Å². The zero-order valence-corrected chi connectivity index (χ0v) is 11.9. The molecule has 7 heteroatoms. The van der Waals surface area contributed by atoms with Crippen LogP contribution in [0.1, 0.15) is 11.1 Å². The number of benzene rings is 1. The standard InChI is InChI=1S/C8H4Br2ClNO2S/c9-3-7-5(4-12)1-6(10)2-8(7)15(11,13)14/h1-2H,3H2. The van der Waals surface area contributed by atoms with Gasteiger partial charge in [0.15, 0.2) is 0 Å². The van der Waals surface area contributed by atoms with Crippen LogP contribution in [0, 0.1) is 11.3 Å². The summed E-state index contributed by atoms with van der Waals surface area (Å²) in [5.41, 5.74) is 0.649. The molecule has 0 radical (unpaired) electrons. The van der Waals surface area contributed by atoms with Crippen molar-refractivity contribution in [2.24, 2.45) is 0 Å². The van der Waals surface area contributed by atoms with Crippen molar-refractivity contribution in [2.45, 2.75) is 10.2 Å². The molecule has 0 aliphatic rings. The topological polar surface area (TPSA) is 57.9 Å². The van der Waals surface area contributed by atoms with Gasteiger partial charge in [-0.3, -0.25) is 0 Å². The summed E-state index contributed by atoms with van der Waals surface area (Å²) in [6, 6.07) is 4.84. The van der Waals surface area contributed by atoms with E-state index in [4.69, 9.17) is 15.9 Å². The highest BCUT2D eigenvalue weighted by atomic mass is 79.9. The van der Waals surface area contributed by atoms with E-state index in [2.05, 4.69) is 31.9 Å². The number of halogens is 3. The van der Waals surface area contributed by atoms with Gasteiger partial charge in [-0.15, -0.1) is 0 Å². The first kappa shape index (κ1) is 13.0. The van der Waals surface area contributed by atoms with Crippen molar-refractivity contribution < 1.29 is 8.42 Å². The Labute approximate surface area is 109 Å². The number of nitriles is 1. The molecule has 0 atom stereocenters. The van der Waals surface area contributed by atoms with E-state index in [1.54, 1.807) is 6.07 Å². The number of hydrogen-bond acceptors (Lipinski definition) is 3. The largest absolute Gasteiger partial charge is 0.261 e. The summed E-state index contributed by atoms with van der Waals surface area (Å²) in [5, 5.41) is 9.09. The Morgan fingerprint density at radius 2 is 2.07 bits per heavy atom. The predicted molar refractivity (Wildman–Crippen MR) is 64.5 cm³/mol. The summed E-state index contributed by atoms with van der Waals surface area (Å²) in [6.45, 7) is 0. The van der Waals surface area contributed by atoms with E-state index in [1.165, 1.54) is 6.07 Å². The van der Waals surface area contributed by atoms with Crippen LogP contribution in [0.3, 0.4) is 0 Å². The summed E-state index contributed by atoms with van der Waals surface area (Å²) in [7, 11) is 1.42. The Morgan fingerprint density at radius 3 is 2.47 bits per heavy atom. The SMILES string of the molecule is N#Cc1cc(Br)cc(S(=O)(=O)Cl)c1CBr. The molecule has 80 valence electrons. The third kappa shape index (κ3) is 2.94. The van der Waals surface area contributed by atoms with Gasteiger partial charge in [0.25, 0.3) is 9.05 Å². The molecule has 0 spiro atoms. The van der Waals surface area contributed by atoms with Crippen molar-refractivity contribution in [3.05, 3.63) is 27.7 Å². The van der Waals surface area contributed by atoms with E-state index in [0.29, 0.717) is 10.0 Å². The molecule has 0 unspecified atom stereocenters. The fourth-order valence-corrected chi connectivity index (χ4v) is 3.62.